The van der Waals surface area contributed by atoms with Crippen molar-refractivity contribution in [3.8, 4) is 0 Å². The summed E-state index contributed by atoms with van der Waals surface area (Å²) < 4.78 is 1.80. The van der Waals surface area contributed by atoms with E-state index in [1.807, 2.05) is 0 Å². The third-order valence-corrected chi connectivity index (χ3v) is 4.72. The molecule has 2 fully saturated rings. The van der Waals surface area contributed by atoms with E-state index >= 15 is 0 Å². The molecule has 1 aromatic heterocycles. The summed E-state index contributed by atoms with van der Waals surface area (Å²) in [6, 6.07) is 0. The van der Waals surface area contributed by atoms with Crippen LogP contribution in [0.3, 0.4) is 0 Å². The Morgan fingerprint density at radius 3 is 2.53 bits per heavy atom. The molecule has 3 rings (SSSR count). The summed E-state index contributed by atoms with van der Waals surface area (Å²) in [5, 5.41) is 9.63. The molecule has 1 spiro atoms. The van der Waals surface area contributed by atoms with Gasteiger partial charge in [-0.05, 0) is 50.4 Å². The Morgan fingerprint density at radius 1 is 1.18 bits per heavy atom. The van der Waals surface area contributed by atoms with E-state index in [4.69, 9.17) is 0 Å². The van der Waals surface area contributed by atoms with Crippen molar-refractivity contribution in [2.24, 2.45) is 5.41 Å². The van der Waals surface area contributed by atoms with Crippen molar-refractivity contribution >= 4 is 5.97 Å². The van der Waals surface area contributed by atoms with Crippen molar-refractivity contribution in [3.63, 3.8) is 0 Å². The molecule has 1 N–H and O–H groups in total. The molecular formula is C13H18N2O2. The van der Waals surface area contributed by atoms with Crippen molar-refractivity contribution in [1.29, 1.82) is 0 Å². The van der Waals surface area contributed by atoms with Crippen molar-refractivity contribution in [2.75, 3.05) is 0 Å². The van der Waals surface area contributed by atoms with Gasteiger partial charge in [0.2, 0.25) is 0 Å². The molecule has 0 saturated heterocycles. The van der Waals surface area contributed by atoms with Crippen LogP contribution in [0.2, 0.25) is 0 Å². The maximum absolute atomic E-state index is 11.7. The minimum atomic E-state index is -0.747. The SMILES string of the molecule is O=C(O)C1(n2ccnc2)CCCC2(CC2)CC1. The van der Waals surface area contributed by atoms with Gasteiger partial charge in [-0.3, -0.25) is 0 Å². The highest BCUT2D eigenvalue weighted by Gasteiger charge is 2.49. The van der Waals surface area contributed by atoms with E-state index in [0.717, 1.165) is 25.7 Å². The Hall–Kier alpha value is -1.32. The maximum Gasteiger partial charge on any atom is 0.329 e. The summed E-state index contributed by atoms with van der Waals surface area (Å²) in [6.07, 6.45) is 12.5. The number of aliphatic carboxylic acids is 1. The second-order valence-corrected chi connectivity index (χ2v) is 5.66. The molecule has 17 heavy (non-hydrogen) atoms. The number of hydrogen-bond donors (Lipinski definition) is 1. The van der Waals surface area contributed by atoms with Crippen LogP contribution in [0.5, 0.6) is 0 Å². The van der Waals surface area contributed by atoms with E-state index in [1.165, 1.54) is 19.3 Å². The smallest absolute Gasteiger partial charge is 0.329 e. The van der Waals surface area contributed by atoms with Gasteiger partial charge >= 0.3 is 5.97 Å². The van der Waals surface area contributed by atoms with Crippen LogP contribution in [-0.4, -0.2) is 20.6 Å². The van der Waals surface area contributed by atoms with Gasteiger partial charge in [0.05, 0.1) is 6.33 Å². The Labute approximate surface area is 101 Å². The van der Waals surface area contributed by atoms with Gasteiger partial charge in [0, 0.05) is 12.4 Å². The van der Waals surface area contributed by atoms with Gasteiger partial charge in [0.25, 0.3) is 0 Å². The lowest BCUT2D eigenvalue weighted by Gasteiger charge is -2.29. The predicted molar refractivity (Wildman–Crippen MR) is 62.6 cm³/mol. The van der Waals surface area contributed by atoms with E-state index in [2.05, 4.69) is 4.98 Å². The molecule has 1 atom stereocenters. The largest absolute Gasteiger partial charge is 0.479 e. The van der Waals surface area contributed by atoms with Gasteiger partial charge in [-0.25, -0.2) is 9.78 Å². The standard InChI is InChI=1S/C13H18N2O2/c16-11(17)13(15-9-8-14-10-15)3-1-2-12(4-5-12)6-7-13/h8-10H,1-7H2,(H,16,17). The summed E-state index contributed by atoms with van der Waals surface area (Å²) in [5.41, 5.74) is -0.250. The molecule has 2 aliphatic rings. The van der Waals surface area contributed by atoms with Crippen molar-refractivity contribution in [3.05, 3.63) is 18.7 Å². The highest BCUT2D eigenvalue weighted by molar-refractivity contribution is 5.76. The molecule has 2 aliphatic carbocycles. The van der Waals surface area contributed by atoms with E-state index in [-0.39, 0.29) is 0 Å². The van der Waals surface area contributed by atoms with E-state index in [0.29, 0.717) is 5.41 Å². The quantitative estimate of drug-likeness (QED) is 0.855. The number of carbonyl (C=O) groups is 1. The Bertz CT molecular complexity index is 423. The fraction of sp³-hybridized carbons (Fsp3) is 0.692. The van der Waals surface area contributed by atoms with Gasteiger partial charge in [-0.1, -0.05) is 0 Å². The average Bonchev–Trinajstić information content (AvgIpc) is 2.93. The van der Waals surface area contributed by atoms with Crippen LogP contribution >= 0.6 is 0 Å². The first kappa shape index (κ1) is 10.8. The Balaban J connectivity index is 1.92. The van der Waals surface area contributed by atoms with E-state index in [1.54, 1.807) is 23.3 Å². The summed E-state index contributed by atoms with van der Waals surface area (Å²) in [7, 11) is 0. The first-order valence-electron chi connectivity index (χ1n) is 6.39. The maximum atomic E-state index is 11.7. The minimum absolute atomic E-state index is 0.498. The van der Waals surface area contributed by atoms with Crippen molar-refractivity contribution in [2.45, 2.75) is 50.5 Å². The predicted octanol–water partition coefficient (Wildman–Crippen LogP) is 2.41. The molecule has 0 aromatic carbocycles. The molecule has 1 heterocycles. The highest BCUT2D eigenvalue weighted by atomic mass is 16.4. The zero-order valence-electron chi connectivity index (χ0n) is 9.93. The van der Waals surface area contributed by atoms with Gasteiger partial charge in [-0.2, -0.15) is 0 Å². The zero-order valence-corrected chi connectivity index (χ0v) is 9.93. The third-order valence-electron chi connectivity index (χ3n) is 4.72. The average molecular weight is 234 g/mol. The molecule has 1 unspecified atom stereocenters. The number of hydrogen-bond acceptors (Lipinski definition) is 2. The molecule has 0 radical (unpaired) electrons. The number of imidazole rings is 1. The summed E-state index contributed by atoms with van der Waals surface area (Å²) >= 11 is 0. The first-order chi connectivity index (χ1) is 8.17. The van der Waals surface area contributed by atoms with Crippen LogP contribution < -0.4 is 0 Å². The normalized spacial score (nSPS) is 31.1. The van der Waals surface area contributed by atoms with Crippen molar-refractivity contribution < 1.29 is 9.90 Å². The van der Waals surface area contributed by atoms with Crippen LogP contribution in [0.1, 0.15) is 44.9 Å². The van der Waals surface area contributed by atoms with Gasteiger partial charge in [-0.15, -0.1) is 0 Å². The number of carboxylic acids is 1. The van der Waals surface area contributed by atoms with Crippen LogP contribution in [0.15, 0.2) is 18.7 Å². The lowest BCUT2D eigenvalue weighted by Crippen LogP contribution is -2.41. The lowest BCUT2D eigenvalue weighted by molar-refractivity contribution is -0.148. The molecule has 4 heteroatoms. The summed E-state index contributed by atoms with van der Waals surface area (Å²) in [4.78, 5) is 15.7. The van der Waals surface area contributed by atoms with E-state index in [9.17, 15) is 9.90 Å². The molecule has 4 nitrogen and oxygen atoms in total. The van der Waals surface area contributed by atoms with Gasteiger partial charge in [0.1, 0.15) is 5.54 Å². The number of aromatic nitrogens is 2. The molecule has 0 amide bonds. The zero-order chi connectivity index (χ0) is 11.9. The second-order valence-electron chi connectivity index (χ2n) is 5.66. The minimum Gasteiger partial charge on any atom is -0.479 e. The summed E-state index contributed by atoms with van der Waals surface area (Å²) in [5.74, 6) is -0.701. The molecule has 0 aliphatic heterocycles. The van der Waals surface area contributed by atoms with Crippen molar-refractivity contribution in [1.82, 2.24) is 9.55 Å². The number of nitrogens with zero attached hydrogens (tertiary/aromatic N) is 2. The second kappa shape index (κ2) is 3.59. The Morgan fingerprint density at radius 2 is 1.94 bits per heavy atom. The number of rotatable bonds is 2. The molecule has 92 valence electrons. The van der Waals surface area contributed by atoms with Crippen LogP contribution in [-0.2, 0) is 10.3 Å². The molecule has 2 saturated carbocycles. The first-order valence-corrected chi connectivity index (χ1v) is 6.39. The van der Waals surface area contributed by atoms with Gasteiger partial charge in [0.15, 0.2) is 0 Å². The fourth-order valence-electron chi connectivity index (χ4n) is 3.25. The summed E-state index contributed by atoms with van der Waals surface area (Å²) in [6.45, 7) is 0. The topological polar surface area (TPSA) is 55.1 Å². The van der Waals surface area contributed by atoms with Crippen LogP contribution in [0.4, 0.5) is 0 Å². The van der Waals surface area contributed by atoms with Gasteiger partial charge < -0.3 is 9.67 Å². The Kier molecular flexibility index (Phi) is 2.28. The third kappa shape index (κ3) is 1.66. The lowest BCUT2D eigenvalue weighted by atomic mass is 9.89. The van der Waals surface area contributed by atoms with E-state index < -0.39 is 11.5 Å². The van der Waals surface area contributed by atoms with Crippen LogP contribution in [0.25, 0.3) is 0 Å². The highest BCUT2D eigenvalue weighted by Crippen LogP contribution is 2.57. The monoisotopic (exact) mass is 234 g/mol. The van der Waals surface area contributed by atoms with Crippen LogP contribution in [0, 0.1) is 5.41 Å². The fourth-order valence-corrected chi connectivity index (χ4v) is 3.25. The molecule has 1 aromatic rings. The number of carboxylic acid groups (broad SMARTS) is 1. The molecular weight excluding hydrogens is 216 g/mol. The molecule has 0 bridgehead atoms.